The molecule has 2 atom stereocenters. The van der Waals surface area contributed by atoms with E-state index in [1.807, 2.05) is 60.6 Å². The van der Waals surface area contributed by atoms with Crippen molar-refractivity contribution in [3.63, 3.8) is 0 Å². The predicted octanol–water partition coefficient (Wildman–Crippen LogP) is 3.81. The highest BCUT2D eigenvalue weighted by molar-refractivity contribution is 5.94. The van der Waals surface area contributed by atoms with Crippen molar-refractivity contribution in [2.75, 3.05) is 13.7 Å². The van der Waals surface area contributed by atoms with Gasteiger partial charge < -0.3 is 25.0 Å². The Balaban J connectivity index is 3.62. The van der Waals surface area contributed by atoms with Gasteiger partial charge in [-0.15, -0.1) is 0 Å². The minimum atomic E-state index is -1.07. The van der Waals surface area contributed by atoms with Crippen LogP contribution in [0.2, 0.25) is 0 Å². The Bertz CT molecular complexity index is 959. The van der Waals surface area contributed by atoms with Crippen molar-refractivity contribution in [1.29, 1.82) is 0 Å². The quantitative estimate of drug-likeness (QED) is 0.520. The second-order valence-corrected chi connectivity index (χ2v) is 11.2. The standard InChI is InChI=1S/C27H43N3O6/c1-16(2)21(29-25(34)36-27(8,9)10)24(33)30(26(5,6)7)22(23(32)28-15-20(31)35-11)19-14-12-13-17(3)18(19)4/h12-14,16,21-22H,15H2,1-11H3,(H,28,32)(H,29,34). The summed E-state index contributed by atoms with van der Waals surface area (Å²) in [5.41, 5.74) is 0.850. The summed E-state index contributed by atoms with van der Waals surface area (Å²) >= 11 is 0. The first kappa shape index (κ1) is 30.9. The van der Waals surface area contributed by atoms with Gasteiger partial charge in [0.1, 0.15) is 24.2 Å². The van der Waals surface area contributed by atoms with E-state index in [2.05, 4.69) is 15.4 Å². The number of hydrogen-bond acceptors (Lipinski definition) is 6. The second kappa shape index (κ2) is 12.2. The number of esters is 1. The Morgan fingerprint density at radius 1 is 1.00 bits per heavy atom. The number of methoxy groups -OCH3 is 1. The Morgan fingerprint density at radius 3 is 2.06 bits per heavy atom. The van der Waals surface area contributed by atoms with Crippen LogP contribution in [0, 0.1) is 19.8 Å². The zero-order valence-electron chi connectivity index (χ0n) is 23.6. The maximum Gasteiger partial charge on any atom is 0.408 e. The van der Waals surface area contributed by atoms with Crippen LogP contribution in [0.25, 0.3) is 0 Å². The van der Waals surface area contributed by atoms with Gasteiger partial charge in [0.25, 0.3) is 0 Å². The summed E-state index contributed by atoms with van der Waals surface area (Å²) in [6, 6.07) is 3.51. The number of carbonyl (C=O) groups excluding carboxylic acids is 4. The van der Waals surface area contributed by atoms with Crippen molar-refractivity contribution >= 4 is 23.9 Å². The zero-order chi connectivity index (χ0) is 28.0. The van der Waals surface area contributed by atoms with E-state index in [1.54, 1.807) is 26.8 Å². The Morgan fingerprint density at radius 2 is 1.58 bits per heavy atom. The molecule has 0 saturated carbocycles. The fourth-order valence-electron chi connectivity index (χ4n) is 3.74. The molecule has 0 aliphatic carbocycles. The maximum atomic E-state index is 14.1. The van der Waals surface area contributed by atoms with Crippen molar-refractivity contribution in [3.8, 4) is 0 Å². The topological polar surface area (TPSA) is 114 Å². The molecule has 0 aliphatic heterocycles. The zero-order valence-corrected chi connectivity index (χ0v) is 23.6. The molecule has 1 aromatic carbocycles. The molecule has 9 heteroatoms. The van der Waals surface area contributed by atoms with E-state index in [1.165, 1.54) is 12.0 Å². The first-order chi connectivity index (χ1) is 16.4. The third-order valence-corrected chi connectivity index (χ3v) is 5.65. The number of carbonyl (C=O) groups is 4. The number of ether oxygens (including phenoxy) is 2. The van der Waals surface area contributed by atoms with E-state index in [0.717, 1.165) is 11.1 Å². The SMILES string of the molecule is COC(=O)CNC(=O)C(c1cccc(C)c1C)N(C(=O)C(NC(=O)OC(C)(C)C)C(C)C)C(C)(C)C. The van der Waals surface area contributed by atoms with Gasteiger partial charge in [-0.05, 0) is 78.0 Å². The van der Waals surface area contributed by atoms with Crippen LogP contribution in [0.5, 0.6) is 0 Å². The van der Waals surface area contributed by atoms with Crippen LogP contribution in [-0.2, 0) is 23.9 Å². The van der Waals surface area contributed by atoms with Gasteiger partial charge in [0.2, 0.25) is 11.8 Å². The molecule has 202 valence electrons. The highest BCUT2D eigenvalue weighted by Gasteiger charge is 2.43. The van der Waals surface area contributed by atoms with Crippen LogP contribution in [0.3, 0.4) is 0 Å². The van der Waals surface area contributed by atoms with Gasteiger partial charge in [-0.25, -0.2) is 4.79 Å². The number of nitrogens with one attached hydrogen (secondary N) is 2. The summed E-state index contributed by atoms with van der Waals surface area (Å²) in [5.74, 6) is -1.88. The third kappa shape index (κ3) is 8.53. The molecule has 2 unspecified atom stereocenters. The van der Waals surface area contributed by atoms with Crippen molar-refractivity contribution < 1.29 is 28.7 Å². The van der Waals surface area contributed by atoms with Crippen molar-refractivity contribution in [1.82, 2.24) is 15.5 Å². The fraction of sp³-hybridized carbons (Fsp3) is 0.630. The summed E-state index contributed by atoms with van der Waals surface area (Å²) in [6.45, 7) is 17.8. The average Bonchev–Trinajstić information content (AvgIpc) is 2.73. The molecule has 3 amide bonds. The smallest absolute Gasteiger partial charge is 0.408 e. The molecule has 0 aromatic heterocycles. The predicted molar refractivity (Wildman–Crippen MR) is 138 cm³/mol. The Labute approximate surface area is 215 Å². The van der Waals surface area contributed by atoms with Gasteiger partial charge >= 0.3 is 12.1 Å². The molecular weight excluding hydrogens is 462 g/mol. The Hall–Kier alpha value is -3.10. The number of alkyl carbamates (subject to hydrolysis) is 1. The van der Waals surface area contributed by atoms with Crippen LogP contribution in [-0.4, -0.2) is 59.6 Å². The number of rotatable bonds is 8. The lowest BCUT2D eigenvalue weighted by Crippen LogP contribution is -2.60. The van der Waals surface area contributed by atoms with E-state index in [0.29, 0.717) is 5.56 Å². The number of amides is 3. The molecule has 2 N–H and O–H groups in total. The molecule has 0 radical (unpaired) electrons. The molecule has 36 heavy (non-hydrogen) atoms. The molecule has 0 bridgehead atoms. The van der Waals surface area contributed by atoms with Gasteiger partial charge in [0.05, 0.1) is 7.11 Å². The highest BCUT2D eigenvalue weighted by atomic mass is 16.6. The van der Waals surface area contributed by atoms with Gasteiger partial charge in [-0.1, -0.05) is 32.0 Å². The van der Waals surface area contributed by atoms with Crippen LogP contribution in [0.15, 0.2) is 18.2 Å². The average molecular weight is 506 g/mol. The minimum absolute atomic E-state index is 0.299. The molecular formula is C27H43N3O6. The van der Waals surface area contributed by atoms with Crippen LogP contribution in [0.1, 0.15) is 78.1 Å². The van der Waals surface area contributed by atoms with Crippen LogP contribution >= 0.6 is 0 Å². The summed E-state index contributed by atoms with van der Waals surface area (Å²) < 4.78 is 10.0. The first-order valence-corrected chi connectivity index (χ1v) is 12.1. The monoisotopic (exact) mass is 505 g/mol. The van der Waals surface area contributed by atoms with Gasteiger partial charge in [-0.3, -0.25) is 14.4 Å². The fourth-order valence-corrected chi connectivity index (χ4v) is 3.74. The van der Waals surface area contributed by atoms with E-state index in [4.69, 9.17) is 4.74 Å². The van der Waals surface area contributed by atoms with Crippen LogP contribution in [0.4, 0.5) is 4.79 Å². The van der Waals surface area contributed by atoms with Gasteiger partial charge in [-0.2, -0.15) is 0 Å². The van der Waals surface area contributed by atoms with Crippen LogP contribution < -0.4 is 10.6 Å². The first-order valence-electron chi connectivity index (χ1n) is 12.1. The lowest BCUT2D eigenvalue weighted by Gasteiger charge is -2.44. The molecule has 0 spiro atoms. The number of hydrogen-bond donors (Lipinski definition) is 2. The van der Waals surface area contributed by atoms with E-state index < -0.39 is 47.1 Å². The second-order valence-electron chi connectivity index (χ2n) is 11.2. The lowest BCUT2D eigenvalue weighted by molar-refractivity contribution is -0.150. The van der Waals surface area contributed by atoms with E-state index >= 15 is 0 Å². The summed E-state index contributed by atoms with van der Waals surface area (Å²) in [5, 5.41) is 5.30. The van der Waals surface area contributed by atoms with Gasteiger partial charge in [0, 0.05) is 5.54 Å². The highest BCUT2D eigenvalue weighted by Crippen LogP contribution is 2.33. The molecule has 9 nitrogen and oxygen atoms in total. The summed E-state index contributed by atoms with van der Waals surface area (Å²) in [6.07, 6.45) is -0.721. The van der Waals surface area contributed by atoms with Gasteiger partial charge in [0.15, 0.2) is 0 Å². The maximum absolute atomic E-state index is 14.1. The van der Waals surface area contributed by atoms with E-state index in [-0.39, 0.29) is 12.5 Å². The Kier molecular flexibility index (Phi) is 10.5. The third-order valence-electron chi connectivity index (χ3n) is 5.65. The molecule has 0 fully saturated rings. The normalized spacial score (nSPS) is 13.4. The number of benzene rings is 1. The largest absolute Gasteiger partial charge is 0.468 e. The molecule has 1 rings (SSSR count). The summed E-state index contributed by atoms with van der Waals surface area (Å²) in [7, 11) is 1.23. The van der Waals surface area contributed by atoms with Crippen molar-refractivity contribution in [3.05, 3.63) is 34.9 Å². The number of nitrogens with zero attached hydrogens (tertiary/aromatic N) is 1. The molecule has 1 aromatic rings. The number of aryl methyl sites for hydroxylation is 1. The summed E-state index contributed by atoms with van der Waals surface area (Å²) in [4.78, 5) is 53.5. The molecule has 0 heterocycles. The van der Waals surface area contributed by atoms with Crippen molar-refractivity contribution in [2.45, 2.75) is 92.5 Å². The molecule has 0 saturated heterocycles. The molecule has 0 aliphatic rings. The lowest BCUT2D eigenvalue weighted by atomic mass is 9.90. The minimum Gasteiger partial charge on any atom is -0.468 e. The van der Waals surface area contributed by atoms with E-state index in [9.17, 15) is 19.2 Å². The van der Waals surface area contributed by atoms with Crippen molar-refractivity contribution in [2.24, 2.45) is 5.92 Å².